The molecule has 0 atom stereocenters. The number of nitrogens with zero attached hydrogens (tertiary/aromatic N) is 3. The van der Waals surface area contributed by atoms with Gasteiger partial charge in [0.25, 0.3) is 5.91 Å². The maximum absolute atomic E-state index is 12.9. The van der Waals surface area contributed by atoms with Crippen molar-refractivity contribution in [2.75, 3.05) is 6.61 Å². The molecule has 31 heavy (non-hydrogen) atoms. The van der Waals surface area contributed by atoms with Gasteiger partial charge in [-0.1, -0.05) is 6.07 Å². The summed E-state index contributed by atoms with van der Waals surface area (Å²) in [6.07, 6.45) is -0.724. The van der Waals surface area contributed by atoms with Crippen LogP contribution >= 0.6 is 0 Å². The van der Waals surface area contributed by atoms with Gasteiger partial charge in [-0.15, -0.1) is 0 Å². The fraction of sp³-hybridized carbons (Fsp3) is 0.450. The third kappa shape index (κ3) is 6.43. The minimum atomic E-state index is -4.27. The number of pyridine rings is 1. The number of hydrogen-bond acceptors (Lipinski definition) is 6. The van der Waals surface area contributed by atoms with Gasteiger partial charge in [-0.2, -0.15) is 8.78 Å². The average Bonchev–Trinajstić information content (AvgIpc) is 3.56. The molecule has 1 fully saturated rings. The number of hydrogen-bond donors (Lipinski definition) is 1. The van der Waals surface area contributed by atoms with Crippen molar-refractivity contribution in [1.29, 1.82) is 0 Å². The van der Waals surface area contributed by atoms with Crippen LogP contribution in [-0.2, 0) is 17.8 Å². The van der Waals surface area contributed by atoms with E-state index in [1.807, 2.05) is 0 Å². The second-order valence-corrected chi connectivity index (χ2v) is 7.27. The van der Waals surface area contributed by atoms with E-state index < -0.39 is 24.9 Å². The molecule has 1 aliphatic carbocycles. The number of ether oxygens (including phenoxy) is 1. The highest BCUT2D eigenvalue weighted by molar-refractivity contribution is 5.92. The minimum Gasteiger partial charge on any atom is -0.471 e. The maximum atomic E-state index is 12.9. The zero-order valence-electron chi connectivity index (χ0n) is 16.6. The van der Waals surface area contributed by atoms with Crippen LogP contribution in [0.5, 0.6) is 5.88 Å². The molecule has 0 spiro atoms. The van der Waals surface area contributed by atoms with Crippen LogP contribution in [0.25, 0.3) is 0 Å². The molecule has 3 rings (SSSR count). The van der Waals surface area contributed by atoms with Gasteiger partial charge < -0.3 is 10.1 Å². The van der Waals surface area contributed by atoms with Crippen LogP contribution in [0.2, 0.25) is 0 Å². The lowest BCUT2D eigenvalue weighted by Crippen LogP contribution is -2.33. The first-order chi connectivity index (χ1) is 14.6. The van der Waals surface area contributed by atoms with E-state index in [1.54, 1.807) is 6.92 Å². The highest BCUT2D eigenvalue weighted by Crippen LogP contribution is 2.30. The van der Waals surface area contributed by atoms with Gasteiger partial charge in [0.15, 0.2) is 6.61 Å². The SMILES string of the molecule is Cc1cc(C(=O)NCc2ccc(OCC(F)(F)C(F)F)nc2)nc(CC(=O)C2CC2)n1. The van der Waals surface area contributed by atoms with Gasteiger partial charge >= 0.3 is 12.3 Å². The summed E-state index contributed by atoms with van der Waals surface area (Å²) in [4.78, 5) is 36.5. The van der Waals surface area contributed by atoms with Crippen LogP contribution < -0.4 is 10.1 Å². The topological polar surface area (TPSA) is 94.1 Å². The second-order valence-electron chi connectivity index (χ2n) is 7.27. The van der Waals surface area contributed by atoms with Crippen LogP contribution in [0.3, 0.4) is 0 Å². The molecule has 166 valence electrons. The van der Waals surface area contributed by atoms with E-state index in [-0.39, 0.29) is 36.2 Å². The molecule has 0 aliphatic heterocycles. The normalized spacial score (nSPS) is 13.9. The van der Waals surface area contributed by atoms with Gasteiger partial charge in [-0.05, 0) is 31.4 Å². The van der Waals surface area contributed by atoms with Crippen molar-refractivity contribution in [2.45, 2.75) is 45.1 Å². The predicted molar refractivity (Wildman–Crippen MR) is 100 cm³/mol. The molecular formula is C20H20F4N4O3. The van der Waals surface area contributed by atoms with Gasteiger partial charge in [-0.3, -0.25) is 9.59 Å². The number of halogens is 4. The van der Waals surface area contributed by atoms with Crippen LogP contribution in [0.4, 0.5) is 17.6 Å². The highest BCUT2D eigenvalue weighted by atomic mass is 19.3. The Bertz CT molecular complexity index is 950. The number of ketones is 1. The lowest BCUT2D eigenvalue weighted by atomic mass is 10.2. The molecule has 1 amide bonds. The summed E-state index contributed by atoms with van der Waals surface area (Å²) in [5.74, 6) is -4.56. The molecule has 2 aromatic rings. The summed E-state index contributed by atoms with van der Waals surface area (Å²) in [7, 11) is 0. The largest absolute Gasteiger partial charge is 0.471 e. The number of aromatic nitrogens is 3. The van der Waals surface area contributed by atoms with Crippen molar-refractivity contribution in [2.24, 2.45) is 5.92 Å². The highest BCUT2D eigenvalue weighted by Gasteiger charge is 2.41. The van der Waals surface area contributed by atoms with Crippen molar-refractivity contribution in [3.8, 4) is 5.88 Å². The predicted octanol–water partition coefficient (Wildman–Crippen LogP) is 2.91. The molecule has 0 saturated heterocycles. The molecule has 11 heteroatoms. The van der Waals surface area contributed by atoms with Crippen LogP contribution in [-0.4, -0.2) is 45.6 Å². The van der Waals surface area contributed by atoms with E-state index in [4.69, 9.17) is 0 Å². The Labute approximate surface area is 175 Å². The molecule has 7 nitrogen and oxygen atoms in total. The fourth-order valence-electron chi connectivity index (χ4n) is 2.64. The lowest BCUT2D eigenvalue weighted by Gasteiger charge is -2.15. The van der Waals surface area contributed by atoms with E-state index in [2.05, 4.69) is 25.0 Å². The molecule has 0 unspecified atom stereocenters. The van der Waals surface area contributed by atoms with Crippen molar-refractivity contribution in [1.82, 2.24) is 20.3 Å². The Hall–Kier alpha value is -3.11. The molecular weight excluding hydrogens is 420 g/mol. The summed E-state index contributed by atoms with van der Waals surface area (Å²) >= 11 is 0. The number of nitrogens with one attached hydrogen (secondary N) is 1. The first-order valence-corrected chi connectivity index (χ1v) is 9.53. The molecule has 0 bridgehead atoms. The number of carbonyl (C=O) groups excluding carboxylic acids is 2. The lowest BCUT2D eigenvalue weighted by molar-refractivity contribution is -0.148. The van der Waals surface area contributed by atoms with Gasteiger partial charge in [0.05, 0.1) is 6.42 Å². The number of amides is 1. The Morgan fingerprint density at radius 1 is 1.26 bits per heavy atom. The Kier molecular flexibility index (Phi) is 6.81. The zero-order valence-corrected chi connectivity index (χ0v) is 16.6. The smallest absolute Gasteiger partial charge is 0.340 e. The Morgan fingerprint density at radius 3 is 2.61 bits per heavy atom. The minimum absolute atomic E-state index is 0.0543. The molecule has 1 saturated carbocycles. The van der Waals surface area contributed by atoms with Crippen molar-refractivity contribution in [3.05, 3.63) is 47.2 Å². The van der Waals surface area contributed by atoms with E-state index in [0.717, 1.165) is 12.8 Å². The molecule has 2 heterocycles. The monoisotopic (exact) mass is 440 g/mol. The Morgan fingerprint density at radius 2 is 2.00 bits per heavy atom. The van der Waals surface area contributed by atoms with Crippen LogP contribution in [0.15, 0.2) is 24.4 Å². The summed E-state index contributed by atoms with van der Waals surface area (Å²) in [6, 6.07) is 4.19. The number of carbonyl (C=O) groups is 2. The third-order valence-electron chi connectivity index (χ3n) is 4.48. The van der Waals surface area contributed by atoms with Crippen LogP contribution in [0.1, 0.15) is 40.4 Å². The third-order valence-corrected chi connectivity index (χ3v) is 4.48. The number of Topliss-reactive ketones (excluding diaryl/α,β-unsaturated/α-hetero) is 1. The number of rotatable bonds is 10. The first kappa shape index (κ1) is 22.6. The molecule has 0 radical (unpaired) electrons. The molecule has 1 aliphatic rings. The molecule has 2 aromatic heterocycles. The summed E-state index contributed by atoms with van der Waals surface area (Å²) in [6.45, 7) is 0.259. The summed E-state index contributed by atoms with van der Waals surface area (Å²) in [5.41, 5.74) is 1.20. The maximum Gasteiger partial charge on any atom is 0.340 e. The number of alkyl halides is 4. The van der Waals surface area contributed by atoms with Crippen molar-refractivity contribution >= 4 is 11.7 Å². The molecule has 1 N–H and O–H groups in total. The van der Waals surface area contributed by atoms with Gasteiger partial charge in [-0.25, -0.2) is 23.7 Å². The van der Waals surface area contributed by atoms with E-state index in [1.165, 1.54) is 24.4 Å². The van der Waals surface area contributed by atoms with Crippen LogP contribution in [0, 0.1) is 12.8 Å². The van der Waals surface area contributed by atoms with Crippen molar-refractivity contribution in [3.63, 3.8) is 0 Å². The average molecular weight is 440 g/mol. The Balaban J connectivity index is 1.54. The zero-order chi connectivity index (χ0) is 22.6. The van der Waals surface area contributed by atoms with Gasteiger partial charge in [0, 0.05) is 30.4 Å². The van der Waals surface area contributed by atoms with Gasteiger partial charge in [0.2, 0.25) is 5.88 Å². The fourth-order valence-corrected chi connectivity index (χ4v) is 2.64. The summed E-state index contributed by atoms with van der Waals surface area (Å²) in [5, 5.41) is 2.63. The quantitative estimate of drug-likeness (QED) is 0.571. The van der Waals surface area contributed by atoms with E-state index >= 15 is 0 Å². The summed E-state index contributed by atoms with van der Waals surface area (Å²) < 4.78 is 54.6. The number of aryl methyl sites for hydroxylation is 1. The van der Waals surface area contributed by atoms with Gasteiger partial charge in [0.1, 0.15) is 17.3 Å². The van der Waals surface area contributed by atoms with E-state index in [0.29, 0.717) is 17.1 Å². The first-order valence-electron chi connectivity index (χ1n) is 9.53. The van der Waals surface area contributed by atoms with Crippen molar-refractivity contribution < 1.29 is 31.9 Å². The van der Waals surface area contributed by atoms with E-state index in [9.17, 15) is 27.2 Å². The standard InChI is InChI=1S/C20H20F4N4O3/c1-11-6-14(28-16(27-11)7-15(29)13-3-4-13)18(30)26-9-12-2-5-17(25-8-12)31-10-20(23,24)19(21)22/h2,5-6,8,13,19H,3-4,7,9-10H2,1H3,(H,26,30). The molecule has 0 aromatic carbocycles. The second kappa shape index (κ2) is 9.36.